The summed E-state index contributed by atoms with van der Waals surface area (Å²) in [5.41, 5.74) is 2.49. The number of nitriles is 1. The molecule has 5 heteroatoms. The van der Waals surface area contributed by atoms with Gasteiger partial charge in [-0.2, -0.15) is 5.26 Å². The van der Waals surface area contributed by atoms with Crippen LogP contribution in [0.4, 0.5) is 0 Å². The molecule has 0 saturated heterocycles. The fourth-order valence-corrected chi connectivity index (χ4v) is 2.91. The zero-order valence-corrected chi connectivity index (χ0v) is 13.3. The van der Waals surface area contributed by atoms with Crippen LogP contribution in [0.2, 0.25) is 0 Å². The molecule has 114 valence electrons. The summed E-state index contributed by atoms with van der Waals surface area (Å²) in [6.45, 7) is 0.353. The molecule has 0 atom stereocenters. The minimum absolute atomic E-state index is 0.353. The van der Waals surface area contributed by atoms with Crippen LogP contribution >= 0.6 is 11.3 Å². The van der Waals surface area contributed by atoms with E-state index in [1.165, 1.54) is 0 Å². The Hall–Kier alpha value is -2.84. The Balaban J connectivity index is 1.72. The molecule has 3 aromatic rings. The first-order valence-corrected chi connectivity index (χ1v) is 7.89. The van der Waals surface area contributed by atoms with Crippen molar-refractivity contribution in [2.75, 3.05) is 7.11 Å². The van der Waals surface area contributed by atoms with E-state index < -0.39 is 0 Å². The molecule has 0 amide bonds. The van der Waals surface area contributed by atoms with Crippen molar-refractivity contribution in [3.8, 4) is 28.1 Å². The van der Waals surface area contributed by atoms with Crippen molar-refractivity contribution in [2.24, 2.45) is 0 Å². The van der Waals surface area contributed by atoms with Gasteiger partial charge in [0, 0.05) is 17.0 Å². The first-order valence-electron chi connectivity index (χ1n) is 7.01. The number of ether oxygens (including phenoxy) is 2. The number of rotatable bonds is 5. The molecule has 0 aliphatic carbocycles. The normalized spacial score (nSPS) is 10.1. The number of hydrogen-bond acceptors (Lipinski definition) is 5. The Labute approximate surface area is 138 Å². The van der Waals surface area contributed by atoms with E-state index >= 15 is 0 Å². The number of aromatic nitrogens is 1. The Bertz CT molecular complexity index is 838. The molecule has 0 unspecified atom stereocenters. The highest BCUT2D eigenvalue weighted by atomic mass is 32.1. The standard InChI is InChI=1S/C18H14N2O2S/c1-21-17-9-13(10-19)7-8-16(17)22-11-15-12-23-18(20-15)14-5-3-2-4-6-14/h2-9,12H,11H2,1H3. The number of methoxy groups -OCH3 is 1. The minimum atomic E-state index is 0.353. The number of hydrogen-bond donors (Lipinski definition) is 0. The third-order valence-electron chi connectivity index (χ3n) is 3.24. The number of benzene rings is 2. The number of thiazole rings is 1. The SMILES string of the molecule is COc1cc(C#N)ccc1OCc1csc(-c2ccccc2)n1. The van der Waals surface area contributed by atoms with Gasteiger partial charge in [-0.05, 0) is 12.1 Å². The van der Waals surface area contributed by atoms with Crippen LogP contribution in [0.5, 0.6) is 11.5 Å². The maximum atomic E-state index is 8.91. The highest BCUT2D eigenvalue weighted by molar-refractivity contribution is 7.13. The molecule has 1 aromatic heterocycles. The van der Waals surface area contributed by atoms with E-state index in [1.807, 2.05) is 35.7 Å². The third kappa shape index (κ3) is 3.50. The molecule has 0 radical (unpaired) electrons. The summed E-state index contributed by atoms with van der Waals surface area (Å²) < 4.78 is 11.0. The van der Waals surface area contributed by atoms with Crippen molar-refractivity contribution in [2.45, 2.75) is 6.61 Å². The van der Waals surface area contributed by atoms with Crippen LogP contribution < -0.4 is 9.47 Å². The first kappa shape index (κ1) is 15.1. The largest absolute Gasteiger partial charge is 0.493 e. The zero-order valence-electron chi connectivity index (χ0n) is 12.5. The molecule has 0 aliphatic heterocycles. The second-order valence-electron chi connectivity index (χ2n) is 4.78. The summed E-state index contributed by atoms with van der Waals surface area (Å²) in [4.78, 5) is 4.59. The monoisotopic (exact) mass is 322 g/mol. The van der Waals surface area contributed by atoms with Gasteiger partial charge in [0.1, 0.15) is 11.6 Å². The van der Waals surface area contributed by atoms with E-state index in [2.05, 4.69) is 11.1 Å². The van der Waals surface area contributed by atoms with Gasteiger partial charge in [0.25, 0.3) is 0 Å². The molecule has 2 aromatic carbocycles. The quantitative estimate of drug-likeness (QED) is 0.704. The van der Waals surface area contributed by atoms with E-state index in [0.717, 1.165) is 16.3 Å². The second-order valence-corrected chi connectivity index (χ2v) is 5.63. The van der Waals surface area contributed by atoms with E-state index in [0.29, 0.717) is 23.7 Å². The van der Waals surface area contributed by atoms with Crippen molar-refractivity contribution in [3.05, 3.63) is 65.2 Å². The lowest BCUT2D eigenvalue weighted by atomic mass is 10.2. The predicted molar refractivity (Wildman–Crippen MR) is 89.6 cm³/mol. The molecule has 1 heterocycles. The van der Waals surface area contributed by atoms with Crippen molar-refractivity contribution in [3.63, 3.8) is 0 Å². The van der Waals surface area contributed by atoms with Gasteiger partial charge in [0.2, 0.25) is 0 Å². The Morgan fingerprint density at radius 2 is 1.96 bits per heavy atom. The fraction of sp³-hybridized carbons (Fsp3) is 0.111. The molecule has 0 aliphatic rings. The molecule has 0 bridgehead atoms. The van der Waals surface area contributed by atoms with Gasteiger partial charge in [-0.1, -0.05) is 30.3 Å². The van der Waals surface area contributed by atoms with Crippen molar-refractivity contribution < 1.29 is 9.47 Å². The predicted octanol–water partition coefficient (Wildman–Crippen LogP) is 4.27. The van der Waals surface area contributed by atoms with Crippen molar-refractivity contribution in [1.82, 2.24) is 4.98 Å². The van der Waals surface area contributed by atoms with Gasteiger partial charge in [0.05, 0.1) is 24.4 Å². The average Bonchev–Trinajstić information content (AvgIpc) is 3.09. The zero-order chi connectivity index (χ0) is 16.1. The van der Waals surface area contributed by atoms with Gasteiger partial charge < -0.3 is 9.47 Å². The topological polar surface area (TPSA) is 55.1 Å². The lowest BCUT2D eigenvalue weighted by Crippen LogP contribution is -1.98. The lowest BCUT2D eigenvalue weighted by molar-refractivity contribution is 0.281. The molecule has 0 spiro atoms. The molecule has 0 N–H and O–H groups in total. The molecular weight excluding hydrogens is 308 g/mol. The average molecular weight is 322 g/mol. The summed E-state index contributed by atoms with van der Waals surface area (Å²) >= 11 is 1.59. The van der Waals surface area contributed by atoms with Gasteiger partial charge in [-0.15, -0.1) is 11.3 Å². The van der Waals surface area contributed by atoms with Crippen LogP contribution in [0.25, 0.3) is 10.6 Å². The lowest BCUT2D eigenvalue weighted by Gasteiger charge is -2.09. The van der Waals surface area contributed by atoms with E-state index in [4.69, 9.17) is 14.7 Å². The van der Waals surface area contributed by atoms with Gasteiger partial charge in [0.15, 0.2) is 11.5 Å². The van der Waals surface area contributed by atoms with Crippen LogP contribution in [-0.4, -0.2) is 12.1 Å². The van der Waals surface area contributed by atoms with Crippen LogP contribution in [0.3, 0.4) is 0 Å². The first-order chi connectivity index (χ1) is 11.3. The third-order valence-corrected chi connectivity index (χ3v) is 4.18. The molecule has 4 nitrogen and oxygen atoms in total. The van der Waals surface area contributed by atoms with Crippen molar-refractivity contribution in [1.29, 1.82) is 5.26 Å². The maximum absolute atomic E-state index is 8.91. The summed E-state index contributed by atoms with van der Waals surface area (Å²) in [6, 6.07) is 17.2. The van der Waals surface area contributed by atoms with E-state index in [9.17, 15) is 0 Å². The summed E-state index contributed by atoms with van der Waals surface area (Å²) in [6.07, 6.45) is 0. The van der Waals surface area contributed by atoms with Gasteiger partial charge in [-0.25, -0.2) is 4.98 Å². The van der Waals surface area contributed by atoms with Crippen molar-refractivity contribution >= 4 is 11.3 Å². The summed E-state index contributed by atoms with van der Waals surface area (Å²) in [5.74, 6) is 1.14. The smallest absolute Gasteiger partial charge is 0.162 e. The van der Waals surface area contributed by atoms with Crippen LogP contribution in [0.15, 0.2) is 53.9 Å². The number of nitrogens with zero attached hydrogens (tertiary/aromatic N) is 2. The molecular formula is C18H14N2O2S. The van der Waals surface area contributed by atoms with Gasteiger partial charge >= 0.3 is 0 Å². The highest BCUT2D eigenvalue weighted by Crippen LogP contribution is 2.29. The maximum Gasteiger partial charge on any atom is 0.162 e. The van der Waals surface area contributed by atoms with E-state index in [1.54, 1.807) is 36.6 Å². The minimum Gasteiger partial charge on any atom is -0.493 e. The highest BCUT2D eigenvalue weighted by Gasteiger charge is 2.08. The summed E-state index contributed by atoms with van der Waals surface area (Å²) in [7, 11) is 1.56. The van der Waals surface area contributed by atoms with Gasteiger partial charge in [-0.3, -0.25) is 0 Å². The van der Waals surface area contributed by atoms with Crippen LogP contribution in [0, 0.1) is 11.3 Å². The van der Waals surface area contributed by atoms with E-state index in [-0.39, 0.29) is 0 Å². The van der Waals surface area contributed by atoms with Crippen LogP contribution in [0.1, 0.15) is 11.3 Å². The second kappa shape index (κ2) is 6.95. The summed E-state index contributed by atoms with van der Waals surface area (Å²) in [5, 5.41) is 11.9. The molecule has 3 rings (SSSR count). The fourth-order valence-electron chi connectivity index (χ4n) is 2.09. The molecule has 0 saturated carbocycles. The Kier molecular flexibility index (Phi) is 4.55. The molecule has 0 fully saturated rings. The Morgan fingerprint density at radius 1 is 1.13 bits per heavy atom. The Morgan fingerprint density at radius 3 is 2.70 bits per heavy atom. The van der Waals surface area contributed by atoms with Crippen LogP contribution in [-0.2, 0) is 6.61 Å². The molecule has 23 heavy (non-hydrogen) atoms.